The van der Waals surface area contributed by atoms with Gasteiger partial charge in [0.05, 0.1) is 17.7 Å². The number of benzene rings is 1. The molecule has 2 aromatic rings. The molecule has 0 aliphatic heterocycles. The molecule has 0 aliphatic rings. The maximum atomic E-state index is 12.8. The number of hydrogen-bond acceptors (Lipinski definition) is 4. The van der Waals surface area contributed by atoms with Crippen LogP contribution in [0.1, 0.15) is 11.1 Å². The van der Waals surface area contributed by atoms with Gasteiger partial charge in [0.25, 0.3) is 11.2 Å². The minimum atomic E-state index is -0.679. The molecule has 0 saturated heterocycles. The summed E-state index contributed by atoms with van der Waals surface area (Å²) < 4.78 is 13.9. The van der Waals surface area contributed by atoms with Gasteiger partial charge in [0.1, 0.15) is 17.4 Å². The average Bonchev–Trinajstić information content (AvgIpc) is 2.43. The molecule has 0 spiro atoms. The predicted octanol–water partition coefficient (Wildman–Crippen LogP) is 1.82. The van der Waals surface area contributed by atoms with Crippen molar-refractivity contribution in [3.63, 3.8) is 0 Å². The number of rotatable bonds is 3. The minimum absolute atomic E-state index is 0.0233. The average molecular weight is 273 g/mol. The molecule has 20 heavy (non-hydrogen) atoms. The third-order valence-electron chi connectivity index (χ3n) is 2.67. The number of nitro groups is 1. The van der Waals surface area contributed by atoms with Crippen LogP contribution in [0.5, 0.6) is 0 Å². The first-order chi connectivity index (χ1) is 9.51. The van der Waals surface area contributed by atoms with E-state index in [-0.39, 0.29) is 17.8 Å². The first-order valence-electron chi connectivity index (χ1n) is 5.54. The van der Waals surface area contributed by atoms with E-state index in [0.717, 1.165) is 16.8 Å². The van der Waals surface area contributed by atoms with Crippen LogP contribution in [0.2, 0.25) is 0 Å². The SMILES string of the molecule is N#Cc1cc([N+](=O)[O-])cn(Cc2ccc(F)cc2)c1=O. The van der Waals surface area contributed by atoms with Gasteiger partial charge in [-0.2, -0.15) is 5.26 Å². The zero-order chi connectivity index (χ0) is 14.7. The van der Waals surface area contributed by atoms with Gasteiger partial charge < -0.3 is 4.57 Å². The van der Waals surface area contributed by atoms with Crippen LogP contribution in [0.4, 0.5) is 10.1 Å². The predicted molar refractivity (Wildman–Crippen MR) is 67.6 cm³/mol. The molecule has 7 heteroatoms. The van der Waals surface area contributed by atoms with Crippen LogP contribution in [0, 0.1) is 27.3 Å². The molecule has 0 saturated carbocycles. The third kappa shape index (κ3) is 2.70. The summed E-state index contributed by atoms with van der Waals surface area (Å²) in [6, 6.07) is 7.94. The maximum Gasteiger partial charge on any atom is 0.287 e. The zero-order valence-corrected chi connectivity index (χ0v) is 10.1. The summed E-state index contributed by atoms with van der Waals surface area (Å²) in [5, 5.41) is 19.6. The van der Waals surface area contributed by atoms with E-state index in [9.17, 15) is 19.3 Å². The van der Waals surface area contributed by atoms with E-state index in [4.69, 9.17) is 5.26 Å². The molecule has 0 aliphatic carbocycles. The topological polar surface area (TPSA) is 88.9 Å². The molecule has 0 atom stereocenters. The highest BCUT2D eigenvalue weighted by Gasteiger charge is 2.13. The molecular formula is C13H8FN3O3. The standard InChI is InChI=1S/C13H8FN3O3/c14-11-3-1-9(2-4-11)7-16-8-12(17(19)20)5-10(6-15)13(16)18/h1-5,8H,7H2. The van der Waals surface area contributed by atoms with Gasteiger partial charge in [-0.25, -0.2) is 4.39 Å². The van der Waals surface area contributed by atoms with Crippen LogP contribution in [0.3, 0.4) is 0 Å². The van der Waals surface area contributed by atoms with Crippen molar-refractivity contribution in [3.05, 3.63) is 73.9 Å². The molecule has 1 aromatic carbocycles. The summed E-state index contributed by atoms with van der Waals surface area (Å²) >= 11 is 0. The van der Waals surface area contributed by atoms with E-state index < -0.39 is 16.3 Å². The van der Waals surface area contributed by atoms with E-state index in [1.54, 1.807) is 6.07 Å². The van der Waals surface area contributed by atoms with Crippen molar-refractivity contribution < 1.29 is 9.31 Å². The first-order valence-corrected chi connectivity index (χ1v) is 5.54. The molecule has 0 amide bonds. The largest absolute Gasteiger partial charge is 0.303 e. The van der Waals surface area contributed by atoms with Crippen molar-refractivity contribution in [2.45, 2.75) is 6.54 Å². The summed E-state index contributed by atoms with van der Waals surface area (Å²) in [7, 11) is 0. The van der Waals surface area contributed by atoms with Crippen molar-refractivity contribution in [1.82, 2.24) is 4.57 Å². The molecule has 0 unspecified atom stereocenters. The van der Waals surface area contributed by atoms with Crippen molar-refractivity contribution in [1.29, 1.82) is 5.26 Å². The molecule has 100 valence electrons. The summed E-state index contributed by atoms with van der Waals surface area (Å²) in [5.74, 6) is -0.419. The fraction of sp³-hybridized carbons (Fsp3) is 0.0769. The molecule has 2 rings (SSSR count). The Kier molecular flexibility index (Phi) is 3.57. The zero-order valence-electron chi connectivity index (χ0n) is 10.1. The number of halogens is 1. The van der Waals surface area contributed by atoms with Gasteiger partial charge in [0.2, 0.25) is 0 Å². The van der Waals surface area contributed by atoms with E-state index in [0.29, 0.717) is 5.56 Å². The minimum Gasteiger partial charge on any atom is -0.303 e. The fourth-order valence-electron chi connectivity index (χ4n) is 1.70. The van der Waals surface area contributed by atoms with Crippen molar-refractivity contribution in [3.8, 4) is 6.07 Å². The van der Waals surface area contributed by atoms with Crippen LogP contribution >= 0.6 is 0 Å². The highest BCUT2D eigenvalue weighted by molar-refractivity contribution is 5.38. The van der Waals surface area contributed by atoms with Crippen LogP contribution in [-0.2, 0) is 6.54 Å². The molecule has 0 bridgehead atoms. The smallest absolute Gasteiger partial charge is 0.287 e. The summed E-state index contributed by atoms with van der Waals surface area (Å²) in [5.41, 5.74) is -0.676. The van der Waals surface area contributed by atoms with Gasteiger partial charge in [-0.05, 0) is 17.7 Å². The second-order valence-electron chi connectivity index (χ2n) is 4.04. The Labute approximate surface area is 112 Å². The lowest BCUT2D eigenvalue weighted by atomic mass is 10.2. The van der Waals surface area contributed by atoms with E-state index >= 15 is 0 Å². The lowest BCUT2D eigenvalue weighted by molar-refractivity contribution is -0.385. The number of hydrogen-bond donors (Lipinski definition) is 0. The summed E-state index contributed by atoms with van der Waals surface area (Å²) in [6.45, 7) is 0.0233. The highest BCUT2D eigenvalue weighted by atomic mass is 19.1. The van der Waals surface area contributed by atoms with Gasteiger partial charge >= 0.3 is 0 Å². The monoisotopic (exact) mass is 273 g/mol. The highest BCUT2D eigenvalue weighted by Crippen LogP contribution is 2.11. The van der Waals surface area contributed by atoms with Crippen LogP contribution in [0.25, 0.3) is 0 Å². The second kappa shape index (κ2) is 5.32. The Morgan fingerprint density at radius 3 is 2.55 bits per heavy atom. The van der Waals surface area contributed by atoms with Gasteiger partial charge in [-0.3, -0.25) is 14.9 Å². The molecule has 0 N–H and O–H groups in total. The van der Waals surface area contributed by atoms with Gasteiger partial charge in [-0.1, -0.05) is 12.1 Å². The van der Waals surface area contributed by atoms with Gasteiger partial charge in [-0.15, -0.1) is 0 Å². The number of aromatic nitrogens is 1. The van der Waals surface area contributed by atoms with Crippen molar-refractivity contribution in [2.24, 2.45) is 0 Å². The normalized spacial score (nSPS) is 10.0. The Morgan fingerprint density at radius 1 is 1.35 bits per heavy atom. The molecule has 1 heterocycles. The number of pyridine rings is 1. The molecule has 0 fully saturated rings. The van der Waals surface area contributed by atoms with Crippen molar-refractivity contribution >= 4 is 5.69 Å². The van der Waals surface area contributed by atoms with Crippen LogP contribution in [0.15, 0.2) is 41.3 Å². The second-order valence-corrected chi connectivity index (χ2v) is 4.04. The van der Waals surface area contributed by atoms with E-state index in [1.807, 2.05) is 0 Å². The molecular weight excluding hydrogens is 265 g/mol. The first kappa shape index (κ1) is 13.4. The molecule has 0 radical (unpaired) electrons. The summed E-state index contributed by atoms with van der Waals surface area (Å²) in [4.78, 5) is 22.0. The number of nitrogens with zero attached hydrogens (tertiary/aromatic N) is 3. The summed E-state index contributed by atoms with van der Waals surface area (Å²) in [6.07, 6.45) is 1.06. The Bertz CT molecular complexity index is 760. The van der Waals surface area contributed by atoms with E-state index in [2.05, 4.69) is 0 Å². The molecule has 1 aromatic heterocycles. The van der Waals surface area contributed by atoms with Crippen LogP contribution < -0.4 is 5.56 Å². The fourth-order valence-corrected chi connectivity index (χ4v) is 1.70. The lowest BCUT2D eigenvalue weighted by Crippen LogP contribution is -2.23. The van der Waals surface area contributed by atoms with Crippen molar-refractivity contribution in [2.75, 3.05) is 0 Å². The van der Waals surface area contributed by atoms with E-state index in [1.165, 1.54) is 24.3 Å². The van der Waals surface area contributed by atoms with Gasteiger partial charge in [0, 0.05) is 6.07 Å². The van der Waals surface area contributed by atoms with Gasteiger partial charge in [0.15, 0.2) is 0 Å². The lowest BCUT2D eigenvalue weighted by Gasteiger charge is -2.06. The Balaban J connectivity index is 2.48. The Hall–Kier alpha value is -3.01. The third-order valence-corrected chi connectivity index (χ3v) is 2.67. The number of nitriles is 1. The maximum absolute atomic E-state index is 12.8. The molecule has 6 nitrogen and oxygen atoms in total. The quantitative estimate of drug-likeness (QED) is 0.630. The van der Waals surface area contributed by atoms with Crippen LogP contribution in [-0.4, -0.2) is 9.49 Å². The Morgan fingerprint density at radius 2 is 2.00 bits per heavy atom.